The second-order valence-electron chi connectivity index (χ2n) is 7.72. The number of carbonyl (C=O) groups excluding carboxylic acids is 1. The standard InChI is InChI=1S/C21H34N2O2/c1-15(2)18-13-19(17(4)12-20(18)25-5)21(24)22-9-7-11-23-10-6-8-16(3)14-23/h12-13,15-16H,6-11,14H2,1-5H3,(H,22,24)/t16-/m1/s1. The van der Waals surface area contributed by atoms with E-state index in [0.717, 1.165) is 47.9 Å². The van der Waals surface area contributed by atoms with E-state index in [4.69, 9.17) is 4.74 Å². The number of benzene rings is 1. The maximum atomic E-state index is 12.6. The average Bonchev–Trinajstić information content (AvgIpc) is 2.58. The first-order valence-electron chi connectivity index (χ1n) is 9.61. The summed E-state index contributed by atoms with van der Waals surface area (Å²) in [6.45, 7) is 12.7. The first kappa shape index (κ1) is 19.8. The van der Waals surface area contributed by atoms with Gasteiger partial charge in [-0.3, -0.25) is 4.79 Å². The maximum Gasteiger partial charge on any atom is 0.251 e. The Kier molecular flexibility index (Phi) is 7.30. The van der Waals surface area contributed by atoms with Crippen LogP contribution in [-0.4, -0.2) is 44.1 Å². The molecule has 0 saturated carbocycles. The quantitative estimate of drug-likeness (QED) is 0.759. The molecule has 1 fully saturated rings. The van der Waals surface area contributed by atoms with Crippen LogP contribution in [0.4, 0.5) is 0 Å². The predicted octanol–water partition coefficient (Wildman–Crippen LogP) is 3.98. The number of nitrogens with zero attached hydrogens (tertiary/aromatic N) is 1. The summed E-state index contributed by atoms with van der Waals surface area (Å²) in [4.78, 5) is 15.1. The summed E-state index contributed by atoms with van der Waals surface area (Å²) >= 11 is 0. The molecule has 0 aliphatic carbocycles. The minimum Gasteiger partial charge on any atom is -0.496 e. The lowest BCUT2D eigenvalue weighted by Crippen LogP contribution is -2.36. The monoisotopic (exact) mass is 346 g/mol. The third-order valence-corrected chi connectivity index (χ3v) is 5.12. The number of hydrogen-bond donors (Lipinski definition) is 1. The Morgan fingerprint density at radius 3 is 2.80 bits per heavy atom. The highest BCUT2D eigenvalue weighted by Crippen LogP contribution is 2.29. The molecule has 25 heavy (non-hydrogen) atoms. The van der Waals surface area contributed by atoms with Crippen LogP contribution in [0, 0.1) is 12.8 Å². The SMILES string of the molecule is COc1cc(C)c(C(=O)NCCCN2CCC[C@@H](C)C2)cc1C(C)C. The van der Waals surface area contributed by atoms with Crippen molar-refractivity contribution in [2.75, 3.05) is 33.3 Å². The molecule has 2 rings (SSSR count). The molecule has 1 aromatic carbocycles. The summed E-state index contributed by atoms with van der Waals surface area (Å²) < 4.78 is 5.46. The van der Waals surface area contributed by atoms with Crippen molar-refractivity contribution in [3.8, 4) is 5.75 Å². The Morgan fingerprint density at radius 1 is 1.40 bits per heavy atom. The van der Waals surface area contributed by atoms with Crippen LogP contribution in [0.25, 0.3) is 0 Å². The summed E-state index contributed by atoms with van der Waals surface area (Å²) in [7, 11) is 1.68. The second-order valence-corrected chi connectivity index (χ2v) is 7.72. The Morgan fingerprint density at radius 2 is 2.16 bits per heavy atom. The summed E-state index contributed by atoms with van der Waals surface area (Å²) in [5.41, 5.74) is 2.81. The maximum absolute atomic E-state index is 12.6. The van der Waals surface area contributed by atoms with Crippen LogP contribution in [-0.2, 0) is 0 Å². The third kappa shape index (κ3) is 5.46. The number of ether oxygens (including phenoxy) is 1. The molecule has 1 aliphatic rings. The molecule has 1 amide bonds. The van der Waals surface area contributed by atoms with E-state index in [1.165, 1.54) is 25.9 Å². The molecule has 4 heteroatoms. The number of methoxy groups -OCH3 is 1. The minimum atomic E-state index is 0.0223. The molecule has 1 N–H and O–H groups in total. The van der Waals surface area contributed by atoms with Crippen molar-refractivity contribution < 1.29 is 9.53 Å². The fourth-order valence-corrected chi connectivity index (χ4v) is 3.66. The van der Waals surface area contributed by atoms with Crippen molar-refractivity contribution in [3.05, 3.63) is 28.8 Å². The van der Waals surface area contributed by atoms with Crippen LogP contribution in [0.2, 0.25) is 0 Å². The molecule has 1 atom stereocenters. The van der Waals surface area contributed by atoms with E-state index in [9.17, 15) is 4.79 Å². The van der Waals surface area contributed by atoms with E-state index in [2.05, 4.69) is 31.0 Å². The van der Waals surface area contributed by atoms with Gasteiger partial charge in [-0.05, 0) is 74.4 Å². The lowest BCUT2D eigenvalue weighted by molar-refractivity contribution is 0.0949. The number of piperidine rings is 1. The zero-order valence-electron chi connectivity index (χ0n) is 16.5. The van der Waals surface area contributed by atoms with Gasteiger partial charge in [0.2, 0.25) is 0 Å². The highest BCUT2D eigenvalue weighted by Gasteiger charge is 2.17. The predicted molar refractivity (Wildman–Crippen MR) is 104 cm³/mol. The van der Waals surface area contributed by atoms with Crippen molar-refractivity contribution >= 4 is 5.91 Å². The van der Waals surface area contributed by atoms with Gasteiger partial charge in [0.1, 0.15) is 5.75 Å². The van der Waals surface area contributed by atoms with Gasteiger partial charge in [0.15, 0.2) is 0 Å². The van der Waals surface area contributed by atoms with Crippen molar-refractivity contribution in [1.29, 1.82) is 0 Å². The molecule has 0 radical (unpaired) electrons. The normalized spacial score (nSPS) is 18.4. The van der Waals surface area contributed by atoms with Gasteiger partial charge in [0.05, 0.1) is 7.11 Å². The van der Waals surface area contributed by atoms with Gasteiger partial charge in [-0.25, -0.2) is 0 Å². The van der Waals surface area contributed by atoms with Gasteiger partial charge in [0.25, 0.3) is 5.91 Å². The molecule has 1 heterocycles. The molecule has 1 saturated heterocycles. The fourth-order valence-electron chi connectivity index (χ4n) is 3.66. The van der Waals surface area contributed by atoms with E-state index < -0.39 is 0 Å². The molecule has 4 nitrogen and oxygen atoms in total. The summed E-state index contributed by atoms with van der Waals surface area (Å²) in [5, 5.41) is 3.09. The molecule has 1 aromatic rings. The van der Waals surface area contributed by atoms with Gasteiger partial charge >= 0.3 is 0 Å². The topological polar surface area (TPSA) is 41.6 Å². The van der Waals surface area contributed by atoms with Crippen LogP contribution < -0.4 is 10.1 Å². The zero-order chi connectivity index (χ0) is 18.4. The Balaban J connectivity index is 1.89. The Hall–Kier alpha value is -1.55. The molecule has 1 aliphatic heterocycles. The number of carbonyl (C=O) groups is 1. The van der Waals surface area contributed by atoms with Gasteiger partial charge in [-0.1, -0.05) is 20.8 Å². The van der Waals surface area contributed by atoms with Crippen LogP contribution in [0.1, 0.15) is 67.4 Å². The number of nitrogens with one attached hydrogen (secondary N) is 1. The van der Waals surface area contributed by atoms with Crippen molar-refractivity contribution in [2.24, 2.45) is 5.92 Å². The van der Waals surface area contributed by atoms with E-state index in [0.29, 0.717) is 5.92 Å². The van der Waals surface area contributed by atoms with Crippen LogP contribution in [0.3, 0.4) is 0 Å². The van der Waals surface area contributed by atoms with E-state index in [1.54, 1.807) is 7.11 Å². The Bertz CT molecular complexity index is 584. The number of rotatable bonds is 7. The third-order valence-electron chi connectivity index (χ3n) is 5.12. The van der Waals surface area contributed by atoms with Crippen LogP contribution in [0.5, 0.6) is 5.75 Å². The molecular weight excluding hydrogens is 312 g/mol. The first-order chi connectivity index (χ1) is 11.9. The zero-order valence-corrected chi connectivity index (χ0v) is 16.5. The van der Waals surface area contributed by atoms with Crippen LogP contribution in [0.15, 0.2) is 12.1 Å². The molecule has 0 aromatic heterocycles. The molecule has 0 unspecified atom stereocenters. The van der Waals surface area contributed by atoms with E-state index >= 15 is 0 Å². The van der Waals surface area contributed by atoms with Crippen molar-refractivity contribution in [1.82, 2.24) is 10.2 Å². The largest absolute Gasteiger partial charge is 0.496 e. The summed E-state index contributed by atoms with van der Waals surface area (Å²) in [6.07, 6.45) is 3.66. The number of amides is 1. The fraction of sp³-hybridized carbons (Fsp3) is 0.667. The van der Waals surface area contributed by atoms with Crippen molar-refractivity contribution in [3.63, 3.8) is 0 Å². The lowest BCUT2D eigenvalue weighted by atomic mass is 9.96. The molecule has 140 valence electrons. The lowest BCUT2D eigenvalue weighted by Gasteiger charge is -2.30. The summed E-state index contributed by atoms with van der Waals surface area (Å²) in [5.74, 6) is 2.01. The van der Waals surface area contributed by atoms with Crippen molar-refractivity contribution in [2.45, 2.75) is 52.9 Å². The van der Waals surface area contributed by atoms with Gasteiger partial charge < -0.3 is 15.0 Å². The Labute approximate surface area is 152 Å². The number of hydrogen-bond acceptors (Lipinski definition) is 3. The number of aryl methyl sites for hydroxylation is 1. The summed E-state index contributed by atoms with van der Waals surface area (Å²) in [6, 6.07) is 3.96. The van der Waals surface area contributed by atoms with E-state index in [-0.39, 0.29) is 5.91 Å². The average molecular weight is 347 g/mol. The minimum absolute atomic E-state index is 0.0223. The van der Waals surface area contributed by atoms with E-state index in [1.807, 2.05) is 19.1 Å². The molecule has 0 spiro atoms. The van der Waals surface area contributed by atoms with Crippen LogP contribution >= 0.6 is 0 Å². The highest BCUT2D eigenvalue weighted by molar-refractivity contribution is 5.96. The number of likely N-dealkylation sites (tertiary alicyclic amines) is 1. The smallest absolute Gasteiger partial charge is 0.251 e. The van der Waals surface area contributed by atoms with Gasteiger partial charge in [-0.15, -0.1) is 0 Å². The highest BCUT2D eigenvalue weighted by atomic mass is 16.5. The first-order valence-corrected chi connectivity index (χ1v) is 9.61. The molecular formula is C21H34N2O2. The van der Waals surface area contributed by atoms with Gasteiger partial charge in [-0.2, -0.15) is 0 Å². The second kappa shape index (κ2) is 9.23. The molecule has 0 bridgehead atoms. The van der Waals surface area contributed by atoms with Gasteiger partial charge in [0, 0.05) is 18.7 Å².